The van der Waals surface area contributed by atoms with Crippen molar-refractivity contribution in [3.63, 3.8) is 0 Å². The van der Waals surface area contributed by atoms with Crippen LogP contribution in [0.1, 0.15) is 44.1 Å². The van der Waals surface area contributed by atoms with E-state index >= 15 is 0 Å². The third kappa shape index (κ3) is 5.33. The number of amides is 1. The number of benzene rings is 1. The van der Waals surface area contributed by atoms with Crippen LogP contribution >= 0.6 is 0 Å². The molecule has 23 heavy (non-hydrogen) atoms. The summed E-state index contributed by atoms with van der Waals surface area (Å²) in [5.74, 6) is 0.195. The molecular weight excluding hydrogens is 288 g/mol. The van der Waals surface area contributed by atoms with Crippen LogP contribution in [0.4, 0.5) is 0 Å². The van der Waals surface area contributed by atoms with Crippen LogP contribution in [0.25, 0.3) is 0 Å². The van der Waals surface area contributed by atoms with Crippen molar-refractivity contribution in [1.82, 2.24) is 10.2 Å². The molecule has 1 aromatic carbocycles. The molecule has 1 saturated carbocycles. The van der Waals surface area contributed by atoms with Gasteiger partial charge in [0, 0.05) is 19.1 Å². The summed E-state index contributed by atoms with van der Waals surface area (Å²) in [5, 5.41) is 3.17. The molecule has 1 amide bonds. The predicted molar refractivity (Wildman–Crippen MR) is 91.1 cm³/mol. The van der Waals surface area contributed by atoms with Crippen LogP contribution < -0.4 is 5.32 Å². The molecule has 1 heterocycles. The SMILES string of the molecule is O=C(CN1CCC(OCc2ccccc2)CC1)NC1CCCC1. The third-order valence-corrected chi connectivity index (χ3v) is 4.95. The second-order valence-corrected chi connectivity index (χ2v) is 6.82. The van der Waals surface area contributed by atoms with Gasteiger partial charge in [0.15, 0.2) is 0 Å². The van der Waals surface area contributed by atoms with E-state index in [-0.39, 0.29) is 5.91 Å². The number of piperidine rings is 1. The van der Waals surface area contributed by atoms with Gasteiger partial charge in [0.1, 0.15) is 0 Å². The zero-order valence-corrected chi connectivity index (χ0v) is 13.9. The van der Waals surface area contributed by atoms with Crippen LogP contribution in [0, 0.1) is 0 Å². The summed E-state index contributed by atoms with van der Waals surface area (Å²) < 4.78 is 6.00. The first-order valence-electron chi connectivity index (χ1n) is 8.97. The molecule has 0 atom stereocenters. The lowest BCUT2D eigenvalue weighted by atomic mass is 10.1. The molecule has 1 aromatic rings. The highest BCUT2D eigenvalue weighted by molar-refractivity contribution is 5.78. The van der Waals surface area contributed by atoms with E-state index in [2.05, 4.69) is 22.3 Å². The first kappa shape index (κ1) is 16.5. The second kappa shape index (κ2) is 8.46. The summed E-state index contributed by atoms with van der Waals surface area (Å²) in [6.45, 7) is 3.14. The van der Waals surface area contributed by atoms with Gasteiger partial charge in [-0.2, -0.15) is 0 Å². The van der Waals surface area contributed by atoms with Crippen LogP contribution in [0.5, 0.6) is 0 Å². The Morgan fingerprint density at radius 2 is 1.78 bits per heavy atom. The Hall–Kier alpha value is -1.39. The first-order chi connectivity index (χ1) is 11.3. The van der Waals surface area contributed by atoms with Crippen molar-refractivity contribution in [2.24, 2.45) is 0 Å². The largest absolute Gasteiger partial charge is 0.373 e. The summed E-state index contributed by atoms with van der Waals surface area (Å²) in [5.41, 5.74) is 1.23. The van der Waals surface area contributed by atoms with Crippen molar-refractivity contribution in [2.45, 2.75) is 57.3 Å². The van der Waals surface area contributed by atoms with E-state index in [1.165, 1.54) is 18.4 Å². The average molecular weight is 316 g/mol. The topological polar surface area (TPSA) is 41.6 Å². The highest BCUT2D eigenvalue weighted by atomic mass is 16.5. The number of nitrogens with zero attached hydrogens (tertiary/aromatic N) is 1. The van der Waals surface area contributed by atoms with Crippen molar-refractivity contribution in [2.75, 3.05) is 19.6 Å². The fourth-order valence-corrected chi connectivity index (χ4v) is 3.57. The van der Waals surface area contributed by atoms with Gasteiger partial charge in [-0.15, -0.1) is 0 Å². The molecule has 2 fully saturated rings. The van der Waals surface area contributed by atoms with E-state index in [0.29, 0.717) is 25.3 Å². The highest BCUT2D eigenvalue weighted by Crippen LogP contribution is 2.18. The van der Waals surface area contributed by atoms with Gasteiger partial charge in [-0.3, -0.25) is 9.69 Å². The van der Waals surface area contributed by atoms with E-state index in [0.717, 1.165) is 38.8 Å². The summed E-state index contributed by atoms with van der Waals surface area (Å²) in [7, 11) is 0. The Kier molecular flexibility index (Phi) is 6.06. The highest BCUT2D eigenvalue weighted by Gasteiger charge is 2.23. The number of nitrogens with one attached hydrogen (secondary N) is 1. The van der Waals surface area contributed by atoms with Gasteiger partial charge >= 0.3 is 0 Å². The second-order valence-electron chi connectivity index (χ2n) is 6.82. The maximum atomic E-state index is 12.1. The number of ether oxygens (including phenoxy) is 1. The minimum atomic E-state index is 0.195. The van der Waals surface area contributed by atoms with Crippen LogP contribution in [-0.2, 0) is 16.1 Å². The summed E-state index contributed by atoms with van der Waals surface area (Å²) in [4.78, 5) is 14.3. The van der Waals surface area contributed by atoms with E-state index in [1.54, 1.807) is 0 Å². The summed E-state index contributed by atoms with van der Waals surface area (Å²) in [6.07, 6.45) is 7.18. The van der Waals surface area contributed by atoms with Crippen molar-refractivity contribution < 1.29 is 9.53 Å². The fourth-order valence-electron chi connectivity index (χ4n) is 3.57. The quantitative estimate of drug-likeness (QED) is 0.877. The third-order valence-electron chi connectivity index (χ3n) is 4.95. The molecule has 0 aromatic heterocycles. The molecule has 1 saturated heterocycles. The molecule has 0 bridgehead atoms. The molecular formula is C19H28N2O2. The van der Waals surface area contributed by atoms with Crippen LogP contribution in [-0.4, -0.2) is 42.6 Å². The zero-order chi connectivity index (χ0) is 15.9. The van der Waals surface area contributed by atoms with Gasteiger partial charge in [-0.25, -0.2) is 0 Å². The van der Waals surface area contributed by atoms with Crippen LogP contribution in [0.15, 0.2) is 30.3 Å². The number of rotatable bonds is 6. The van der Waals surface area contributed by atoms with Crippen molar-refractivity contribution in [3.8, 4) is 0 Å². The molecule has 0 unspecified atom stereocenters. The summed E-state index contributed by atoms with van der Waals surface area (Å²) in [6, 6.07) is 10.7. The minimum absolute atomic E-state index is 0.195. The lowest BCUT2D eigenvalue weighted by Crippen LogP contribution is -2.45. The Bertz CT molecular complexity index is 477. The van der Waals surface area contributed by atoms with E-state index in [4.69, 9.17) is 4.74 Å². The van der Waals surface area contributed by atoms with Gasteiger partial charge < -0.3 is 10.1 Å². The van der Waals surface area contributed by atoms with Crippen LogP contribution in [0.2, 0.25) is 0 Å². The maximum Gasteiger partial charge on any atom is 0.234 e. The van der Waals surface area contributed by atoms with Gasteiger partial charge in [0.2, 0.25) is 5.91 Å². The number of hydrogen-bond donors (Lipinski definition) is 1. The van der Waals surface area contributed by atoms with Crippen molar-refractivity contribution in [1.29, 1.82) is 0 Å². The molecule has 126 valence electrons. The number of likely N-dealkylation sites (tertiary alicyclic amines) is 1. The van der Waals surface area contributed by atoms with Gasteiger partial charge in [-0.1, -0.05) is 43.2 Å². The Balaban J connectivity index is 1.32. The molecule has 4 heteroatoms. The van der Waals surface area contributed by atoms with Gasteiger partial charge in [0.25, 0.3) is 0 Å². The molecule has 2 aliphatic rings. The monoisotopic (exact) mass is 316 g/mol. The normalized spacial score (nSPS) is 20.7. The van der Waals surface area contributed by atoms with Gasteiger partial charge in [0.05, 0.1) is 19.3 Å². The number of carbonyl (C=O) groups excluding carboxylic acids is 1. The standard InChI is InChI=1S/C19H28N2O2/c22-19(20-17-8-4-5-9-17)14-21-12-10-18(11-13-21)23-15-16-6-2-1-3-7-16/h1-3,6-7,17-18H,4-5,8-15H2,(H,20,22). The lowest BCUT2D eigenvalue weighted by Gasteiger charge is -2.31. The fraction of sp³-hybridized carbons (Fsp3) is 0.632. The lowest BCUT2D eigenvalue weighted by molar-refractivity contribution is -0.123. The molecule has 1 aliphatic heterocycles. The van der Waals surface area contributed by atoms with Crippen LogP contribution in [0.3, 0.4) is 0 Å². The smallest absolute Gasteiger partial charge is 0.234 e. The molecule has 4 nitrogen and oxygen atoms in total. The first-order valence-corrected chi connectivity index (χ1v) is 8.97. The molecule has 1 N–H and O–H groups in total. The van der Waals surface area contributed by atoms with Crippen molar-refractivity contribution in [3.05, 3.63) is 35.9 Å². The molecule has 3 rings (SSSR count). The van der Waals surface area contributed by atoms with E-state index < -0.39 is 0 Å². The number of hydrogen-bond acceptors (Lipinski definition) is 3. The minimum Gasteiger partial charge on any atom is -0.373 e. The van der Waals surface area contributed by atoms with Crippen molar-refractivity contribution >= 4 is 5.91 Å². The molecule has 1 aliphatic carbocycles. The Morgan fingerprint density at radius 1 is 1.09 bits per heavy atom. The average Bonchev–Trinajstić information content (AvgIpc) is 3.08. The Morgan fingerprint density at radius 3 is 2.48 bits per heavy atom. The zero-order valence-electron chi connectivity index (χ0n) is 13.9. The van der Waals surface area contributed by atoms with Gasteiger partial charge in [-0.05, 0) is 31.2 Å². The molecule has 0 spiro atoms. The number of carbonyl (C=O) groups is 1. The molecule has 0 radical (unpaired) electrons. The van der Waals surface area contributed by atoms with E-state index in [9.17, 15) is 4.79 Å². The van der Waals surface area contributed by atoms with E-state index in [1.807, 2.05) is 18.2 Å². The predicted octanol–water partition coefficient (Wildman–Crippen LogP) is 2.73. The summed E-state index contributed by atoms with van der Waals surface area (Å²) >= 11 is 0. The Labute approximate surface area is 139 Å². The maximum absolute atomic E-state index is 12.1.